The number of alkyl carbamates (subject to hydrolysis) is 1. The molecule has 0 aromatic carbocycles. The second kappa shape index (κ2) is 6.50. The number of halogens is 1. The van der Waals surface area contributed by atoms with Crippen LogP contribution in [0.5, 0.6) is 0 Å². The zero-order valence-corrected chi connectivity index (χ0v) is 14.0. The maximum Gasteiger partial charge on any atom is 0.407 e. The van der Waals surface area contributed by atoms with E-state index in [4.69, 9.17) is 22.8 Å². The van der Waals surface area contributed by atoms with Crippen LogP contribution in [0.2, 0.25) is 5.02 Å². The van der Waals surface area contributed by atoms with Crippen LogP contribution < -0.4 is 15.8 Å². The van der Waals surface area contributed by atoms with Crippen LogP contribution in [0, 0.1) is 18.3 Å². The van der Waals surface area contributed by atoms with E-state index in [1.807, 2.05) is 4.90 Å². The Bertz CT molecular complexity index is 689. The molecule has 0 bridgehead atoms. The van der Waals surface area contributed by atoms with Crippen LogP contribution in [0.1, 0.15) is 20.8 Å². The van der Waals surface area contributed by atoms with Crippen LogP contribution in [0.25, 0.3) is 0 Å². The van der Waals surface area contributed by atoms with Crippen molar-refractivity contribution in [3.63, 3.8) is 0 Å². The highest BCUT2D eigenvalue weighted by atomic mass is 35.5. The Morgan fingerprint density at radius 2 is 2.26 bits per heavy atom. The maximum absolute atomic E-state index is 11.9. The third kappa shape index (κ3) is 4.17. The molecule has 23 heavy (non-hydrogen) atoms. The first-order chi connectivity index (χ1) is 10.7. The molecule has 8 heteroatoms. The minimum absolute atomic E-state index is 0.0497. The van der Waals surface area contributed by atoms with Gasteiger partial charge in [-0.15, -0.1) is 6.42 Å². The van der Waals surface area contributed by atoms with Crippen LogP contribution >= 0.6 is 11.6 Å². The predicted molar refractivity (Wildman–Crippen MR) is 87.6 cm³/mol. The Balaban J connectivity index is 2.12. The molecule has 0 radical (unpaired) electrons. The van der Waals surface area contributed by atoms with Crippen molar-refractivity contribution in [1.29, 1.82) is 0 Å². The van der Waals surface area contributed by atoms with E-state index in [9.17, 15) is 9.59 Å². The largest absolute Gasteiger partial charge is 0.444 e. The quantitative estimate of drug-likeness (QED) is 0.796. The standard InChI is InChI=1S/C15H19ClN4O3/c1-5-9-7-20(11-6-17-19-13(21)12(11)16)8-10(9)18-14(22)23-15(2,3)4/h1,6,9-10H,7-8H2,2-4H3,(H,18,22)(H,19,21)/t9-,10-/m0/s1. The highest BCUT2D eigenvalue weighted by Gasteiger charge is 2.35. The molecule has 124 valence electrons. The SMILES string of the molecule is C#C[C@H]1CN(c2cn[nH]c(=O)c2Cl)C[C@@H]1NC(=O)OC(C)(C)C. The van der Waals surface area contributed by atoms with Crippen molar-refractivity contribution in [1.82, 2.24) is 15.5 Å². The summed E-state index contributed by atoms with van der Waals surface area (Å²) in [7, 11) is 0. The van der Waals surface area contributed by atoms with E-state index >= 15 is 0 Å². The number of H-pyrrole nitrogens is 1. The number of hydrogen-bond donors (Lipinski definition) is 2. The van der Waals surface area contributed by atoms with Crippen LogP contribution in [0.3, 0.4) is 0 Å². The molecule has 1 aromatic rings. The van der Waals surface area contributed by atoms with Gasteiger partial charge in [0.2, 0.25) is 0 Å². The van der Waals surface area contributed by atoms with Gasteiger partial charge < -0.3 is 15.0 Å². The summed E-state index contributed by atoms with van der Waals surface area (Å²) in [5, 5.41) is 8.84. The lowest BCUT2D eigenvalue weighted by atomic mass is 10.1. The van der Waals surface area contributed by atoms with E-state index in [1.165, 1.54) is 6.20 Å². The van der Waals surface area contributed by atoms with Crippen molar-refractivity contribution >= 4 is 23.4 Å². The van der Waals surface area contributed by atoms with Crippen molar-refractivity contribution in [2.45, 2.75) is 32.4 Å². The van der Waals surface area contributed by atoms with Gasteiger partial charge in [-0.1, -0.05) is 17.5 Å². The van der Waals surface area contributed by atoms with Crippen LogP contribution in [-0.4, -0.2) is 41.0 Å². The zero-order chi connectivity index (χ0) is 17.2. The molecule has 2 heterocycles. The number of ether oxygens (including phenoxy) is 1. The number of rotatable bonds is 2. The molecule has 1 aliphatic heterocycles. The average molecular weight is 339 g/mol. The first kappa shape index (κ1) is 17.2. The van der Waals surface area contributed by atoms with Crippen molar-refractivity contribution in [3.8, 4) is 12.3 Å². The number of anilines is 1. The average Bonchev–Trinajstić information content (AvgIpc) is 2.82. The Kier molecular flexibility index (Phi) is 4.85. The number of aromatic amines is 1. The summed E-state index contributed by atoms with van der Waals surface area (Å²) in [5.74, 6) is 2.43. The summed E-state index contributed by atoms with van der Waals surface area (Å²) in [6.07, 6.45) is 6.49. The number of carbonyl (C=O) groups is 1. The lowest BCUT2D eigenvalue weighted by molar-refractivity contribution is 0.0503. The van der Waals surface area contributed by atoms with Gasteiger partial charge in [-0.25, -0.2) is 9.89 Å². The lowest BCUT2D eigenvalue weighted by Crippen LogP contribution is -2.43. The zero-order valence-electron chi connectivity index (χ0n) is 13.2. The van der Waals surface area contributed by atoms with Crippen molar-refractivity contribution in [3.05, 3.63) is 21.6 Å². The summed E-state index contributed by atoms with van der Waals surface area (Å²) < 4.78 is 5.25. The normalized spacial score (nSPS) is 20.9. The van der Waals surface area contributed by atoms with Crippen LogP contribution in [-0.2, 0) is 4.74 Å². The van der Waals surface area contributed by atoms with Gasteiger partial charge in [-0.05, 0) is 20.8 Å². The molecule has 1 aliphatic rings. The molecule has 0 saturated carbocycles. The highest BCUT2D eigenvalue weighted by Crippen LogP contribution is 2.27. The van der Waals surface area contributed by atoms with Gasteiger partial charge in [0.15, 0.2) is 0 Å². The predicted octanol–water partition coefficient (Wildman–Crippen LogP) is 1.39. The number of aromatic nitrogens is 2. The Labute approximate surface area is 139 Å². The molecular weight excluding hydrogens is 320 g/mol. The van der Waals surface area contributed by atoms with Gasteiger partial charge in [0.05, 0.1) is 23.8 Å². The first-order valence-electron chi connectivity index (χ1n) is 7.15. The number of carbonyl (C=O) groups excluding carboxylic acids is 1. The molecule has 7 nitrogen and oxygen atoms in total. The summed E-state index contributed by atoms with van der Waals surface area (Å²) in [6, 6.07) is -0.301. The van der Waals surface area contributed by atoms with Crippen LogP contribution in [0.15, 0.2) is 11.0 Å². The topological polar surface area (TPSA) is 87.3 Å². The fraction of sp³-hybridized carbons (Fsp3) is 0.533. The van der Waals surface area contributed by atoms with Crippen molar-refractivity contribution in [2.24, 2.45) is 5.92 Å². The third-order valence-electron chi connectivity index (χ3n) is 3.35. The first-order valence-corrected chi connectivity index (χ1v) is 7.53. The number of nitrogens with zero attached hydrogens (tertiary/aromatic N) is 2. The molecule has 1 fully saturated rings. The number of nitrogens with one attached hydrogen (secondary N) is 2. The van der Waals surface area contributed by atoms with Gasteiger partial charge >= 0.3 is 6.09 Å². The molecule has 0 unspecified atom stereocenters. The van der Waals surface area contributed by atoms with Crippen molar-refractivity contribution < 1.29 is 9.53 Å². The molecule has 2 atom stereocenters. The monoisotopic (exact) mass is 338 g/mol. The van der Waals surface area contributed by atoms with Gasteiger partial charge in [0.25, 0.3) is 5.56 Å². The van der Waals surface area contributed by atoms with E-state index < -0.39 is 17.3 Å². The maximum atomic E-state index is 11.9. The molecule has 2 N–H and O–H groups in total. The molecule has 0 aliphatic carbocycles. The highest BCUT2D eigenvalue weighted by molar-refractivity contribution is 6.33. The minimum atomic E-state index is -0.589. The van der Waals surface area contributed by atoms with Crippen LogP contribution in [0.4, 0.5) is 10.5 Å². The number of terminal acetylenes is 1. The summed E-state index contributed by atoms with van der Waals surface area (Å²) in [4.78, 5) is 25.3. The fourth-order valence-electron chi connectivity index (χ4n) is 2.37. The Hall–Kier alpha value is -2.20. The molecule has 1 amide bonds. The number of amides is 1. The van der Waals surface area contributed by atoms with E-state index in [0.717, 1.165) is 0 Å². The summed E-state index contributed by atoms with van der Waals surface area (Å²) in [5.41, 5.74) is -0.567. The van der Waals surface area contributed by atoms with E-state index in [2.05, 4.69) is 21.4 Å². The van der Waals surface area contributed by atoms with Gasteiger partial charge in [0, 0.05) is 13.1 Å². The van der Waals surface area contributed by atoms with Gasteiger partial charge in [-0.3, -0.25) is 4.79 Å². The Morgan fingerprint density at radius 1 is 1.57 bits per heavy atom. The molecule has 1 saturated heterocycles. The third-order valence-corrected chi connectivity index (χ3v) is 3.72. The summed E-state index contributed by atoms with van der Waals surface area (Å²) >= 11 is 6.02. The van der Waals surface area contributed by atoms with E-state index in [1.54, 1.807) is 20.8 Å². The lowest BCUT2D eigenvalue weighted by Gasteiger charge is -2.23. The molecule has 2 rings (SSSR count). The van der Waals surface area contributed by atoms with Gasteiger partial charge in [-0.2, -0.15) is 5.10 Å². The minimum Gasteiger partial charge on any atom is -0.444 e. The van der Waals surface area contributed by atoms with E-state index in [-0.39, 0.29) is 17.0 Å². The molecule has 0 spiro atoms. The summed E-state index contributed by atoms with van der Waals surface area (Å²) in [6.45, 7) is 6.23. The van der Waals surface area contributed by atoms with Crippen molar-refractivity contribution in [2.75, 3.05) is 18.0 Å². The smallest absolute Gasteiger partial charge is 0.407 e. The second-order valence-electron chi connectivity index (χ2n) is 6.33. The number of hydrogen-bond acceptors (Lipinski definition) is 5. The molecule has 1 aromatic heterocycles. The molecular formula is C15H19ClN4O3. The Morgan fingerprint density at radius 3 is 2.87 bits per heavy atom. The van der Waals surface area contributed by atoms with E-state index in [0.29, 0.717) is 18.8 Å². The fourth-order valence-corrected chi connectivity index (χ4v) is 2.58. The van der Waals surface area contributed by atoms with Gasteiger partial charge in [0.1, 0.15) is 10.6 Å². The second-order valence-corrected chi connectivity index (χ2v) is 6.71.